The lowest BCUT2D eigenvalue weighted by Crippen LogP contribution is -2.05. The number of cyclic esters (lactones) is 1. The van der Waals surface area contributed by atoms with E-state index in [-0.39, 0.29) is 17.3 Å². The molecule has 0 saturated heterocycles. The van der Waals surface area contributed by atoms with Crippen LogP contribution in [-0.4, -0.2) is 23.9 Å². The van der Waals surface area contributed by atoms with Gasteiger partial charge in [-0.15, -0.1) is 0 Å². The number of ether oxygens (including phenoxy) is 3. The van der Waals surface area contributed by atoms with E-state index in [1.807, 2.05) is 12.1 Å². The predicted octanol–water partition coefficient (Wildman–Crippen LogP) is 5.94. The Hall–Kier alpha value is -3.69. The molecule has 0 aromatic heterocycles. The van der Waals surface area contributed by atoms with Crippen LogP contribution in [0.15, 0.2) is 75.8 Å². The van der Waals surface area contributed by atoms with Crippen molar-refractivity contribution in [3.05, 3.63) is 103 Å². The Labute approximate surface area is 207 Å². The maximum Gasteiger partial charge on any atom is 0.363 e. The molecule has 0 amide bonds. The molecule has 1 heterocycles. The number of non-ortho nitro benzene ring substituents is 1. The minimum absolute atomic E-state index is 0.0695. The number of methoxy groups -OCH3 is 1. The van der Waals surface area contributed by atoms with E-state index >= 15 is 0 Å². The van der Waals surface area contributed by atoms with Gasteiger partial charge >= 0.3 is 5.97 Å². The van der Waals surface area contributed by atoms with Crippen LogP contribution in [0.4, 0.5) is 5.69 Å². The minimum Gasteiger partial charge on any atom is -0.493 e. The fraction of sp³-hybridized carbons (Fsp3) is 0.0833. The second kappa shape index (κ2) is 10.1. The number of aliphatic imine (C=N–C) groups is 1. The Morgan fingerprint density at radius 3 is 2.50 bits per heavy atom. The van der Waals surface area contributed by atoms with E-state index in [1.54, 1.807) is 30.3 Å². The number of carbonyl (C=O) groups excluding carboxylic acids is 1. The standard InChI is InChI=1S/C24H16BrClN2O6/c1-32-21-12-15(10-19(25)22(21)33-13-14-2-6-17(26)7-3-14)11-20-24(29)34-23(27-20)16-4-8-18(9-5-16)28(30)31/h2-12H,13H2,1H3/b20-11-. The van der Waals surface area contributed by atoms with E-state index in [2.05, 4.69) is 20.9 Å². The average molecular weight is 544 g/mol. The van der Waals surface area contributed by atoms with E-state index in [9.17, 15) is 14.9 Å². The SMILES string of the molecule is COc1cc(/C=C2\N=C(c3ccc([N+](=O)[O-])cc3)OC2=O)cc(Br)c1OCc1ccc(Cl)cc1. The zero-order valence-corrected chi connectivity index (χ0v) is 20.0. The summed E-state index contributed by atoms with van der Waals surface area (Å²) in [6, 6.07) is 16.4. The highest BCUT2D eigenvalue weighted by molar-refractivity contribution is 9.10. The first kappa shape index (κ1) is 23.5. The highest BCUT2D eigenvalue weighted by atomic mass is 79.9. The summed E-state index contributed by atoms with van der Waals surface area (Å²) in [5.74, 6) is 0.399. The molecule has 4 rings (SSSR count). The van der Waals surface area contributed by atoms with Crippen LogP contribution in [0.25, 0.3) is 6.08 Å². The summed E-state index contributed by atoms with van der Waals surface area (Å²) in [5.41, 5.74) is 2.03. The summed E-state index contributed by atoms with van der Waals surface area (Å²) >= 11 is 9.41. The monoisotopic (exact) mass is 542 g/mol. The molecule has 1 aliphatic heterocycles. The minimum atomic E-state index is -0.633. The number of hydrogen-bond donors (Lipinski definition) is 0. The second-order valence-corrected chi connectivity index (χ2v) is 8.38. The number of rotatable bonds is 7. The molecule has 172 valence electrons. The number of nitrogens with zero attached hydrogens (tertiary/aromatic N) is 2. The van der Waals surface area contributed by atoms with Gasteiger partial charge in [0.25, 0.3) is 5.69 Å². The van der Waals surface area contributed by atoms with Gasteiger partial charge < -0.3 is 14.2 Å². The molecule has 0 N–H and O–H groups in total. The first-order chi connectivity index (χ1) is 16.3. The van der Waals surface area contributed by atoms with Crippen molar-refractivity contribution in [3.8, 4) is 11.5 Å². The first-order valence-corrected chi connectivity index (χ1v) is 11.0. The summed E-state index contributed by atoms with van der Waals surface area (Å²) in [6.45, 7) is 0.307. The van der Waals surface area contributed by atoms with Crippen molar-refractivity contribution in [1.29, 1.82) is 0 Å². The zero-order valence-electron chi connectivity index (χ0n) is 17.7. The van der Waals surface area contributed by atoms with Gasteiger partial charge in [0.15, 0.2) is 17.2 Å². The van der Waals surface area contributed by atoms with E-state index < -0.39 is 10.9 Å². The zero-order chi connectivity index (χ0) is 24.2. The molecule has 0 unspecified atom stereocenters. The summed E-state index contributed by atoms with van der Waals surface area (Å²) in [4.78, 5) is 26.9. The van der Waals surface area contributed by atoms with Crippen molar-refractivity contribution in [2.45, 2.75) is 6.61 Å². The summed E-state index contributed by atoms with van der Waals surface area (Å²) in [6.07, 6.45) is 1.55. The lowest BCUT2D eigenvalue weighted by Gasteiger charge is -2.14. The normalized spacial score (nSPS) is 14.0. The number of hydrogen-bond acceptors (Lipinski definition) is 7. The van der Waals surface area contributed by atoms with Gasteiger partial charge in [-0.2, -0.15) is 0 Å². The number of esters is 1. The van der Waals surface area contributed by atoms with Gasteiger partial charge in [-0.25, -0.2) is 9.79 Å². The Morgan fingerprint density at radius 1 is 1.15 bits per heavy atom. The van der Waals surface area contributed by atoms with E-state index in [1.165, 1.54) is 31.4 Å². The third kappa shape index (κ3) is 5.27. The molecule has 3 aromatic rings. The predicted molar refractivity (Wildman–Crippen MR) is 130 cm³/mol. The molecular formula is C24H16BrClN2O6. The van der Waals surface area contributed by atoms with Crippen molar-refractivity contribution < 1.29 is 23.9 Å². The molecule has 0 radical (unpaired) electrons. The molecule has 0 fully saturated rings. The Morgan fingerprint density at radius 2 is 1.85 bits per heavy atom. The molecule has 1 aliphatic rings. The maximum atomic E-state index is 12.3. The Bertz CT molecular complexity index is 1320. The second-order valence-electron chi connectivity index (χ2n) is 7.09. The number of carbonyl (C=O) groups is 1. The average Bonchev–Trinajstić information content (AvgIpc) is 3.19. The van der Waals surface area contributed by atoms with E-state index in [4.69, 9.17) is 25.8 Å². The molecule has 0 bridgehead atoms. The fourth-order valence-corrected chi connectivity index (χ4v) is 3.82. The number of nitro benzene ring substituents is 1. The van der Waals surface area contributed by atoms with Gasteiger partial charge in [0.05, 0.1) is 16.5 Å². The largest absolute Gasteiger partial charge is 0.493 e. The third-order valence-electron chi connectivity index (χ3n) is 4.80. The van der Waals surface area contributed by atoms with E-state index in [0.717, 1.165) is 5.56 Å². The van der Waals surface area contributed by atoms with Crippen LogP contribution < -0.4 is 9.47 Å². The van der Waals surface area contributed by atoms with Crippen LogP contribution in [0.5, 0.6) is 11.5 Å². The quantitative estimate of drug-likeness (QED) is 0.158. The number of nitro groups is 1. The maximum absolute atomic E-state index is 12.3. The molecule has 0 aliphatic carbocycles. The number of halogens is 2. The topological polar surface area (TPSA) is 100 Å². The third-order valence-corrected chi connectivity index (χ3v) is 5.64. The van der Waals surface area contributed by atoms with Gasteiger partial charge in [0.1, 0.15) is 6.61 Å². The molecule has 3 aromatic carbocycles. The molecule has 0 saturated carbocycles. The molecule has 34 heavy (non-hydrogen) atoms. The van der Waals surface area contributed by atoms with Gasteiger partial charge in [-0.05, 0) is 69.5 Å². The van der Waals surface area contributed by atoms with E-state index in [0.29, 0.717) is 38.7 Å². The van der Waals surface area contributed by atoms with Gasteiger partial charge in [0, 0.05) is 22.7 Å². The molecule has 0 atom stereocenters. The fourth-order valence-electron chi connectivity index (χ4n) is 3.12. The van der Waals surface area contributed by atoms with Crippen LogP contribution >= 0.6 is 27.5 Å². The van der Waals surface area contributed by atoms with Crippen LogP contribution in [0.1, 0.15) is 16.7 Å². The lowest BCUT2D eigenvalue weighted by molar-refractivity contribution is -0.384. The van der Waals surface area contributed by atoms with Gasteiger partial charge in [0.2, 0.25) is 5.90 Å². The van der Waals surface area contributed by atoms with Gasteiger partial charge in [-0.3, -0.25) is 10.1 Å². The highest BCUT2D eigenvalue weighted by Gasteiger charge is 2.25. The van der Waals surface area contributed by atoms with Crippen molar-refractivity contribution in [2.24, 2.45) is 4.99 Å². The van der Waals surface area contributed by atoms with Crippen LogP contribution in [0, 0.1) is 10.1 Å². The van der Waals surface area contributed by atoms with Crippen molar-refractivity contribution in [1.82, 2.24) is 0 Å². The highest BCUT2D eigenvalue weighted by Crippen LogP contribution is 2.38. The van der Waals surface area contributed by atoms with Crippen molar-refractivity contribution >= 4 is 51.2 Å². The first-order valence-electron chi connectivity index (χ1n) is 9.86. The lowest BCUT2D eigenvalue weighted by atomic mass is 10.1. The van der Waals surface area contributed by atoms with Crippen LogP contribution in [-0.2, 0) is 16.1 Å². The van der Waals surface area contributed by atoms with Crippen LogP contribution in [0.2, 0.25) is 5.02 Å². The van der Waals surface area contributed by atoms with Crippen molar-refractivity contribution in [2.75, 3.05) is 7.11 Å². The number of benzene rings is 3. The summed E-state index contributed by atoms with van der Waals surface area (Å²) in [5, 5.41) is 11.5. The Balaban J connectivity index is 1.57. The van der Waals surface area contributed by atoms with Gasteiger partial charge in [-0.1, -0.05) is 23.7 Å². The molecular weight excluding hydrogens is 528 g/mol. The van der Waals surface area contributed by atoms with Crippen molar-refractivity contribution in [3.63, 3.8) is 0 Å². The molecule has 8 nitrogen and oxygen atoms in total. The smallest absolute Gasteiger partial charge is 0.363 e. The molecule has 10 heteroatoms. The van der Waals surface area contributed by atoms with Crippen LogP contribution in [0.3, 0.4) is 0 Å². The Kier molecular flexibility index (Phi) is 6.95. The molecule has 0 spiro atoms. The summed E-state index contributed by atoms with van der Waals surface area (Å²) < 4.78 is 17.3. The summed E-state index contributed by atoms with van der Waals surface area (Å²) in [7, 11) is 1.52.